The van der Waals surface area contributed by atoms with Gasteiger partial charge in [-0.25, -0.2) is 23.4 Å². The second-order valence-corrected chi connectivity index (χ2v) is 9.13. The summed E-state index contributed by atoms with van der Waals surface area (Å²) in [6.45, 7) is 1.80. The van der Waals surface area contributed by atoms with Crippen LogP contribution in [0.3, 0.4) is 0 Å². The molecule has 8 nitrogen and oxygen atoms in total. The number of para-hydroxylation sites is 1. The largest absolute Gasteiger partial charge is 0.507 e. The predicted octanol–water partition coefficient (Wildman–Crippen LogP) is 5.41. The molecule has 0 radical (unpaired) electrons. The number of hydrogen-bond acceptors (Lipinski definition) is 7. The van der Waals surface area contributed by atoms with Gasteiger partial charge in [-0.2, -0.15) is 5.10 Å². The summed E-state index contributed by atoms with van der Waals surface area (Å²) in [6, 6.07) is 16.0. The molecule has 0 saturated carbocycles. The molecule has 0 spiro atoms. The number of carbonyl (C=O) groups excluding carboxylic acids is 1. The maximum Gasteiger partial charge on any atom is 0.164 e. The van der Waals surface area contributed by atoms with Gasteiger partial charge in [0.25, 0.3) is 0 Å². The molecule has 39 heavy (non-hydrogen) atoms. The molecule has 6 rings (SSSR count). The average Bonchev–Trinajstić information content (AvgIpc) is 3.32. The van der Waals surface area contributed by atoms with Gasteiger partial charge in [0.2, 0.25) is 0 Å². The molecule has 194 valence electrons. The van der Waals surface area contributed by atoms with Crippen LogP contribution in [0.5, 0.6) is 11.5 Å². The number of aromatic nitrogens is 4. The molecule has 0 fully saturated rings. The van der Waals surface area contributed by atoms with Gasteiger partial charge in [-0.05, 0) is 42.8 Å². The van der Waals surface area contributed by atoms with E-state index < -0.39 is 23.6 Å². The molecule has 10 heteroatoms. The van der Waals surface area contributed by atoms with Crippen molar-refractivity contribution in [3.63, 3.8) is 0 Å². The summed E-state index contributed by atoms with van der Waals surface area (Å²) in [5, 5.41) is 15.6. The van der Waals surface area contributed by atoms with Crippen molar-refractivity contribution < 1.29 is 23.4 Å². The summed E-state index contributed by atoms with van der Waals surface area (Å²) in [6.07, 6.45) is 2.08. The fourth-order valence-electron chi connectivity index (χ4n) is 5.01. The zero-order chi connectivity index (χ0) is 27.3. The van der Waals surface area contributed by atoms with Crippen molar-refractivity contribution in [3.8, 4) is 22.8 Å². The van der Waals surface area contributed by atoms with Crippen LogP contribution in [-0.2, 0) is 4.79 Å². The first-order chi connectivity index (χ1) is 18.9. The van der Waals surface area contributed by atoms with Gasteiger partial charge in [-0.3, -0.25) is 0 Å². The van der Waals surface area contributed by atoms with Crippen molar-refractivity contribution in [1.29, 1.82) is 0 Å². The number of rotatable bonds is 5. The number of nitrogens with zero attached hydrogens (tertiary/aromatic N) is 4. The third kappa shape index (κ3) is 3.97. The number of phenolic OH excluding ortho intramolecular Hbond substituents is 1. The van der Waals surface area contributed by atoms with Gasteiger partial charge in [0.15, 0.2) is 5.65 Å². The van der Waals surface area contributed by atoms with E-state index in [4.69, 9.17) is 15.6 Å². The number of anilines is 1. The minimum atomic E-state index is -0.740. The normalized spacial score (nSPS) is 15.6. The molecule has 1 aliphatic rings. The fourth-order valence-corrected chi connectivity index (χ4v) is 5.01. The number of halogens is 2. The zero-order valence-corrected chi connectivity index (χ0v) is 20.5. The summed E-state index contributed by atoms with van der Waals surface area (Å²) >= 11 is 0. The number of allylic oxidation sites excluding steroid dienone is 2. The monoisotopic (exact) mass is 525 g/mol. The van der Waals surface area contributed by atoms with E-state index in [0.717, 1.165) is 12.4 Å². The number of ether oxygens (including phenoxy) is 1. The molecule has 3 aromatic carbocycles. The Morgan fingerprint density at radius 3 is 2.62 bits per heavy atom. The third-order valence-electron chi connectivity index (χ3n) is 6.80. The Balaban J connectivity index is 1.61. The molecule has 5 aromatic rings. The van der Waals surface area contributed by atoms with Crippen molar-refractivity contribution >= 4 is 28.7 Å². The highest BCUT2D eigenvalue weighted by molar-refractivity contribution is 5.99. The lowest BCUT2D eigenvalue weighted by Crippen LogP contribution is -2.23. The molecule has 2 atom stereocenters. The van der Waals surface area contributed by atoms with Crippen LogP contribution in [0.2, 0.25) is 0 Å². The number of nitrogen functional groups attached to an aromatic ring is 1. The average molecular weight is 526 g/mol. The lowest BCUT2D eigenvalue weighted by Gasteiger charge is -2.31. The smallest absolute Gasteiger partial charge is 0.164 e. The first-order valence-corrected chi connectivity index (χ1v) is 12.1. The Morgan fingerprint density at radius 1 is 1.05 bits per heavy atom. The number of fused-ring (bicyclic) bond motifs is 2. The highest BCUT2D eigenvalue weighted by Crippen LogP contribution is 2.46. The van der Waals surface area contributed by atoms with Crippen LogP contribution in [0.1, 0.15) is 30.0 Å². The molecule has 0 amide bonds. The molecule has 0 bridgehead atoms. The summed E-state index contributed by atoms with van der Waals surface area (Å²) in [7, 11) is 0. The number of hydrogen-bond donors (Lipinski definition) is 2. The predicted molar refractivity (Wildman–Crippen MR) is 141 cm³/mol. The first kappa shape index (κ1) is 24.2. The van der Waals surface area contributed by atoms with Crippen LogP contribution in [-0.4, -0.2) is 31.1 Å². The van der Waals surface area contributed by atoms with E-state index >= 15 is 0 Å². The number of aromatic hydroxyl groups is 1. The van der Waals surface area contributed by atoms with E-state index in [-0.39, 0.29) is 22.8 Å². The molecule has 0 aliphatic carbocycles. The van der Waals surface area contributed by atoms with Crippen molar-refractivity contribution in [2.75, 3.05) is 5.73 Å². The lowest BCUT2D eigenvalue weighted by atomic mass is 9.83. The Kier molecular flexibility index (Phi) is 5.79. The Morgan fingerprint density at radius 2 is 1.85 bits per heavy atom. The number of nitrogens with two attached hydrogens (primary N) is 1. The van der Waals surface area contributed by atoms with Gasteiger partial charge in [0, 0.05) is 22.8 Å². The van der Waals surface area contributed by atoms with Crippen LogP contribution >= 0.6 is 0 Å². The summed E-state index contributed by atoms with van der Waals surface area (Å²) in [5.41, 5.74) is 8.62. The molecule has 2 unspecified atom stereocenters. The van der Waals surface area contributed by atoms with Gasteiger partial charge in [0.05, 0.1) is 11.3 Å². The van der Waals surface area contributed by atoms with E-state index in [1.165, 1.54) is 35.3 Å². The molecular weight excluding hydrogens is 504 g/mol. The van der Waals surface area contributed by atoms with E-state index in [0.29, 0.717) is 39.2 Å². The molecular formula is C29H21F2N5O3. The van der Waals surface area contributed by atoms with E-state index in [1.54, 1.807) is 43.3 Å². The summed E-state index contributed by atoms with van der Waals surface area (Å²) in [5.74, 6) is -1.20. The van der Waals surface area contributed by atoms with Gasteiger partial charge >= 0.3 is 0 Å². The highest BCUT2D eigenvalue weighted by Gasteiger charge is 2.35. The molecule has 3 heterocycles. The highest BCUT2D eigenvalue weighted by atomic mass is 19.1. The van der Waals surface area contributed by atoms with Gasteiger partial charge < -0.3 is 20.4 Å². The maximum absolute atomic E-state index is 14.4. The van der Waals surface area contributed by atoms with Crippen LogP contribution in [0, 0.1) is 11.6 Å². The lowest BCUT2D eigenvalue weighted by molar-refractivity contribution is -0.108. The second-order valence-electron chi connectivity index (χ2n) is 9.13. The van der Waals surface area contributed by atoms with Crippen LogP contribution in [0.15, 0.2) is 78.8 Å². The molecule has 1 aliphatic heterocycles. The van der Waals surface area contributed by atoms with Crippen LogP contribution < -0.4 is 10.5 Å². The van der Waals surface area contributed by atoms with Crippen LogP contribution in [0.25, 0.3) is 27.9 Å². The number of carbonyl (C=O) groups is 1. The van der Waals surface area contributed by atoms with Crippen LogP contribution in [0.4, 0.5) is 14.6 Å². The molecule has 0 saturated heterocycles. The maximum atomic E-state index is 14.4. The van der Waals surface area contributed by atoms with Gasteiger partial charge in [0.1, 0.15) is 59.1 Å². The summed E-state index contributed by atoms with van der Waals surface area (Å²) < 4.78 is 36.0. The minimum absolute atomic E-state index is 0.109. The quantitative estimate of drug-likeness (QED) is 0.295. The SMILES string of the molecule is CC(C1=C(c2cccc(F)c2)C(C=O)c2ccccc2O1)n1nc(-c2ccc(F)cc2O)c2c(N)ncnc21. The minimum Gasteiger partial charge on any atom is -0.507 e. The third-order valence-corrected chi connectivity index (χ3v) is 6.80. The summed E-state index contributed by atoms with van der Waals surface area (Å²) in [4.78, 5) is 21.0. The van der Waals surface area contributed by atoms with Gasteiger partial charge in [-0.15, -0.1) is 0 Å². The van der Waals surface area contributed by atoms with Crippen molar-refractivity contribution in [3.05, 3.63) is 102 Å². The van der Waals surface area contributed by atoms with E-state index in [1.807, 2.05) is 0 Å². The number of aldehydes is 1. The van der Waals surface area contributed by atoms with Crippen molar-refractivity contribution in [2.24, 2.45) is 0 Å². The number of benzene rings is 3. The van der Waals surface area contributed by atoms with Crippen molar-refractivity contribution in [2.45, 2.75) is 18.9 Å². The van der Waals surface area contributed by atoms with E-state index in [2.05, 4.69) is 9.97 Å². The Bertz CT molecular complexity index is 1800. The molecule has 3 N–H and O–H groups in total. The topological polar surface area (TPSA) is 116 Å². The first-order valence-electron chi connectivity index (χ1n) is 12.1. The van der Waals surface area contributed by atoms with Gasteiger partial charge in [-0.1, -0.05) is 30.3 Å². The standard InChI is InChI=1S/C29H21F2N5O3/c1-15(36-29-25(28(32)33-14-34-29)26(35-36)20-10-9-18(31)12-22(20)38)27-24(16-5-4-6-17(30)11-16)21(13-37)19-7-2-3-8-23(19)39-27/h2-15,21,38H,1H3,(H2,32,33,34). The zero-order valence-electron chi connectivity index (χ0n) is 20.5. The Labute approximate surface area is 221 Å². The van der Waals surface area contributed by atoms with E-state index in [9.17, 15) is 18.7 Å². The number of phenols is 1. The molecule has 2 aromatic heterocycles. The fraction of sp³-hybridized carbons (Fsp3) is 0.103. The second kappa shape index (κ2) is 9.32. The Hall–Kier alpha value is -5.12. The van der Waals surface area contributed by atoms with Crippen molar-refractivity contribution in [1.82, 2.24) is 19.7 Å².